The van der Waals surface area contributed by atoms with Crippen LogP contribution in [0.25, 0.3) is 112 Å². The first-order valence-corrected chi connectivity index (χ1v) is 20.7. The van der Waals surface area contributed by atoms with E-state index in [0.29, 0.717) is 17.5 Å². The van der Waals surface area contributed by atoms with Crippen molar-refractivity contribution in [2.75, 3.05) is 0 Å². The zero-order chi connectivity index (χ0) is 41.2. The molecule has 0 N–H and O–H groups in total. The molecule has 0 aliphatic carbocycles. The Morgan fingerprint density at radius 1 is 0.226 bits per heavy atom. The molecule has 5 heteroatoms. The number of rotatable bonds is 8. The van der Waals surface area contributed by atoms with Crippen molar-refractivity contribution in [3.05, 3.63) is 224 Å². The summed E-state index contributed by atoms with van der Waals surface area (Å²) < 4.78 is 0. The summed E-state index contributed by atoms with van der Waals surface area (Å²) in [7, 11) is 0. The van der Waals surface area contributed by atoms with E-state index < -0.39 is 0 Å². The Kier molecular flexibility index (Phi) is 9.45. The fraction of sp³-hybridized carbons (Fsp3) is 0. The molecule has 8 aromatic carbocycles. The van der Waals surface area contributed by atoms with Crippen molar-refractivity contribution in [2.24, 2.45) is 0 Å². The summed E-state index contributed by atoms with van der Waals surface area (Å²) in [6, 6.07) is 77.7. The predicted octanol–water partition coefficient (Wildman–Crippen LogP) is 14.3. The lowest BCUT2D eigenvalue weighted by Gasteiger charge is -2.14. The molecule has 0 saturated heterocycles. The lowest BCUT2D eigenvalue weighted by molar-refractivity contribution is 1.07. The number of aromatic nitrogens is 5. The average Bonchev–Trinajstić information content (AvgIpc) is 3.37. The fourth-order valence-corrected chi connectivity index (χ4v) is 8.13. The number of fused-ring (bicyclic) bond motifs is 3. The van der Waals surface area contributed by atoms with E-state index in [2.05, 4.69) is 146 Å². The minimum Gasteiger partial charge on any atom is -0.245 e. The van der Waals surface area contributed by atoms with Crippen LogP contribution in [0.2, 0.25) is 0 Å². The number of hydrogen-bond acceptors (Lipinski definition) is 5. The molecule has 3 aromatic heterocycles. The summed E-state index contributed by atoms with van der Waals surface area (Å²) in [6.07, 6.45) is 0. The minimum absolute atomic E-state index is 0.631. The summed E-state index contributed by atoms with van der Waals surface area (Å²) >= 11 is 0. The van der Waals surface area contributed by atoms with Crippen LogP contribution in [0.4, 0.5) is 0 Å². The highest BCUT2D eigenvalue weighted by molar-refractivity contribution is 6.09. The Balaban J connectivity index is 0.951. The first-order chi connectivity index (χ1) is 30.7. The Labute approximate surface area is 359 Å². The zero-order valence-corrected chi connectivity index (χ0v) is 33.6. The van der Waals surface area contributed by atoms with E-state index in [4.69, 9.17) is 24.9 Å². The minimum atomic E-state index is 0.631. The highest BCUT2D eigenvalue weighted by atomic mass is 15.0. The number of pyridine rings is 2. The van der Waals surface area contributed by atoms with Crippen LogP contribution in [0.15, 0.2) is 224 Å². The summed E-state index contributed by atoms with van der Waals surface area (Å²) in [5.41, 5.74) is 15.2. The van der Waals surface area contributed by atoms with Gasteiger partial charge in [0.1, 0.15) is 0 Å². The van der Waals surface area contributed by atoms with E-state index in [1.165, 1.54) is 0 Å². The van der Waals surface area contributed by atoms with Crippen molar-refractivity contribution in [3.8, 4) is 90.1 Å². The molecule has 11 rings (SSSR count). The van der Waals surface area contributed by atoms with Crippen LogP contribution < -0.4 is 0 Å². The maximum absolute atomic E-state index is 5.38. The maximum atomic E-state index is 5.38. The molecule has 0 atom stereocenters. The van der Waals surface area contributed by atoms with Crippen molar-refractivity contribution >= 4 is 21.8 Å². The van der Waals surface area contributed by atoms with E-state index in [9.17, 15) is 0 Å². The molecule has 3 heterocycles. The number of hydrogen-bond donors (Lipinski definition) is 0. The smallest absolute Gasteiger partial charge is 0.164 e. The summed E-state index contributed by atoms with van der Waals surface area (Å²) in [4.78, 5) is 25.4. The molecule has 0 saturated carbocycles. The normalized spacial score (nSPS) is 11.2. The number of benzene rings is 8. The molecular weight excluding hydrogens is 755 g/mol. The van der Waals surface area contributed by atoms with Crippen LogP contribution >= 0.6 is 0 Å². The average molecular weight is 792 g/mol. The van der Waals surface area contributed by atoms with Gasteiger partial charge in [-0.2, -0.15) is 0 Å². The molecule has 11 aromatic rings. The maximum Gasteiger partial charge on any atom is 0.164 e. The molecular formula is C57H37N5. The predicted molar refractivity (Wildman–Crippen MR) is 254 cm³/mol. The Bertz CT molecular complexity index is 3310. The molecule has 0 radical (unpaired) electrons. The van der Waals surface area contributed by atoms with Crippen LogP contribution in [0.1, 0.15) is 0 Å². The summed E-state index contributed by atoms with van der Waals surface area (Å²) in [5.74, 6) is 1.92. The summed E-state index contributed by atoms with van der Waals surface area (Å²) in [6.45, 7) is 0. The lowest BCUT2D eigenvalue weighted by Crippen LogP contribution is -2.00. The lowest BCUT2D eigenvalue weighted by atomic mass is 9.95. The third-order valence-corrected chi connectivity index (χ3v) is 11.3. The van der Waals surface area contributed by atoms with E-state index in [1.54, 1.807) is 0 Å². The van der Waals surface area contributed by atoms with Crippen LogP contribution in [0, 0.1) is 0 Å². The highest BCUT2D eigenvalue weighted by Gasteiger charge is 2.16. The second-order valence-electron chi connectivity index (χ2n) is 15.3. The van der Waals surface area contributed by atoms with Gasteiger partial charge in [0.05, 0.1) is 22.4 Å². The standard InChI is InChI=1S/C57H37N5/c1-5-15-40(16-6-1)50-37-52(59-54-49(50)33-31-42-32-34-51(58-53(42)54)41-17-7-2-8-18-41)47-25-13-23-45(35-47)38-27-29-39(30-28-38)46-24-14-26-48(36-46)57-61-55(43-19-9-3-10-20-43)60-56(62-57)44-21-11-4-12-22-44/h1-37H. The van der Waals surface area contributed by atoms with E-state index in [0.717, 1.165) is 94.4 Å². The largest absolute Gasteiger partial charge is 0.245 e. The Morgan fingerprint density at radius 3 is 1.24 bits per heavy atom. The van der Waals surface area contributed by atoms with Crippen molar-refractivity contribution < 1.29 is 0 Å². The third-order valence-electron chi connectivity index (χ3n) is 11.3. The van der Waals surface area contributed by atoms with Crippen LogP contribution in [0.5, 0.6) is 0 Å². The third kappa shape index (κ3) is 7.18. The molecule has 62 heavy (non-hydrogen) atoms. The van der Waals surface area contributed by atoms with Gasteiger partial charge in [0.15, 0.2) is 17.5 Å². The van der Waals surface area contributed by atoms with Gasteiger partial charge >= 0.3 is 0 Å². The second kappa shape index (κ2) is 16.0. The molecule has 0 bridgehead atoms. The molecule has 0 fully saturated rings. The van der Waals surface area contributed by atoms with Crippen LogP contribution in [-0.4, -0.2) is 24.9 Å². The molecule has 0 aliphatic rings. The van der Waals surface area contributed by atoms with Crippen molar-refractivity contribution in [1.82, 2.24) is 24.9 Å². The van der Waals surface area contributed by atoms with Gasteiger partial charge in [0.2, 0.25) is 0 Å². The first-order valence-electron chi connectivity index (χ1n) is 20.7. The quantitative estimate of drug-likeness (QED) is 0.143. The second-order valence-corrected chi connectivity index (χ2v) is 15.3. The Morgan fingerprint density at radius 2 is 0.661 bits per heavy atom. The summed E-state index contributed by atoms with van der Waals surface area (Å²) in [5, 5.41) is 2.13. The SMILES string of the molecule is c1ccc(-c2ccc3ccc4c(-c5ccccc5)cc(-c5cccc(-c6ccc(-c7cccc(-c8nc(-c9ccccc9)nc(-c9ccccc9)n8)c7)cc6)c5)nc4c3n2)cc1. The van der Waals surface area contributed by atoms with Crippen molar-refractivity contribution in [3.63, 3.8) is 0 Å². The van der Waals surface area contributed by atoms with Gasteiger partial charge in [-0.25, -0.2) is 24.9 Å². The molecule has 0 aliphatic heterocycles. The van der Waals surface area contributed by atoms with E-state index >= 15 is 0 Å². The van der Waals surface area contributed by atoms with Gasteiger partial charge in [0, 0.05) is 38.6 Å². The van der Waals surface area contributed by atoms with Crippen LogP contribution in [-0.2, 0) is 0 Å². The zero-order valence-electron chi connectivity index (χ0n) is 33.6. The molecule has 0 spiro atoms. The van der Waals surface area contributed by atoms with Gasteiger partial charge in [-0.3, -0.25) is 0 Å². The van der Waals surface area contributed by atoms with Crippen molar-refractivity contribution in [2.45, 2.75) is 0 Å². The van der Waals surface area contributed by atoms with Crippen LogP contribution in [0.3, 0.4) is 0 Å². The monoisotopic (exact) mass is 791 g/mol. The fourth-order valence-electron chi connectivity index (χ4n) is 8.13. The molecule has 0 unspecified atom stereocenters. The first kappa shape index (κ1) is 36.7. The van der Waals surface area contributed by atoms with E-state index in [1.807, 2.05) is 78.9 Å². The van der Waals surface area contributed by atoms with Gasteiger partial charge in [-0.05, 0) is 57.6 Å². The van der Waals surface area contributed by atoms with Gasteiger partial charge < -0.3 is 0 Å². The van der Waals surface area contributed by atoms with Gasteiger partial charge in [-0.1, -0.05) is 200 Å². The molecule has 0 amide bonds. The topological polar surface area (TPSA) is 64.5 Å². The molecule has 5 nitrogen and oxygen atoms in total. The van der Waals surface area contributed by atoms with Gasteiger partial charge in [-0.15, -0.1) is 0 Å². The van der Waals surface area contributed by atoms with E-state index in [-0.39, 0.29) is 0 Å². The Hall–Kier alpha value is -8.41. The van der Waals surface area contributed by atoms with Gasteiger partial charge in [0.25, 0.3) is 0 Å². The number of nitrogens with zero attached hydrogens (tertiary/aromatic N) is 5. The molecule has 290 valence electrons. The van der Waals surface area contributed by atoms with Crippen molar-refractivity contribution in [1.29, 1.82) is 0 Å². The highest BCUT2D eigenvalue weighted by Crippen LogP contribution is 2.37.